The first-order valence-electron chi connectivity index (χ1n) is 5.04. The smallest absolute Gasteiger partial charge is 0.306 e. The Labute approximate surface area is 92.2 Å². The van der Waals surface area contributed by atoms with E-state index in [-0.39, 0.29) is 17.6 Å². The summed E-state index contributed by atoms with van der Waals surface area (Å²) in [7, 11) is 0. The van der Waals surface area contributed by atoms with Crippen LogP contribution in [0, 0.1) is 16.0 Å². The molecule has 0 amide bonds. The number of benzene rings is 1. The highest BCUT2D eigenvalue weighted by atomic mass is 16.6. The first-order valence-corrected chi connectivity index (χ1v) is 5.04. The van der Waals surface area contributed by atoms with Gasteiger partial charge in [0.1, 0.15) is 0 Å². The van der Waals surface area contributed by atoms with Crippen molar-refractivity contribution in [2.45, 2.75) is 12.8 Å². The van der Waals surface area contributed by atoms with Gasteiger partial charge in [0.2, 0.25) is 0 Å². The van der Waals surface area contributed by atoms with E-state index in [1.807, 2.05) is 0 Å². The third kappa shape index (κ3) is 2.36. The molecule has 1 aromatic rings. The number of nitrogens with zero attached hydrogens (tertiary/aromatic N) is 1. The van der Waals surface area contributed by atoms with Crippen LogP contribution in [0.15, 0.2) is 24.3 Å². The van der Waals surface area contributed by atoms with Gasteiger partial charge in [-0.05, 0) is 12.0 Å². The molecule has 0 N–H and O–H groups in total. The van der Waals surface area contributed by atoms with Crippen LogP contribution in [-0.4, -0.2) is 17.5 Å². The van der Waals surface area contributed by atoms with Crippen LogP contribution in [-0.2, 0) is 16.0 Å². The predicted octanol–water partition coefficient (Wildman–Crippen LogP) is 1.70. The number of cyclic esters (lactones) is 1. The second kappa shape index (κ2) is 4.30. The minimum Gasteiger partial charge on any atom is -0.465 e. The topological polar surface area (TPSA) is 69.4 Å². The maximum absolute atomic E-state index is 10.9. The van der Waals surface area contributed by atoms with Crippen molar-refractivity contribution < 1.29 is 14.5 Å². The number of rotatable bonds is 3. The number of carbonyl (C=O) groups is 1. The van der Waals surface area contributed by atoms with Crippen molar-refractivity contribution in [3.8, 4) is 0 Å². The summed E-state index contributed by atoms with van der Waals surface area (Å²) in [5.74, 6) is 0.0425. The van der Waals surface area contributed by atoms with Crippen LogP contribution in [0.5, 0.6) is 0 Å². The molecule has 1 aliphatic rings. The molecular formula is C11H11NO4. The van der Waals surface area contributed by atoms with Gasteiger partial charge in [0.25, 0.3) is 5.69 Å². The van der Waals surface area contributed by atoms with E-state index < -0.39 is 4.92 Å². The van der Waals surface area contributed by atoms with Crippen LogP contribution >= 0.6 is 0 Å². The number of carbonyl (C=O) groups excluding carboxylic acids is 1. The van der Waals surface area contributed by atoms with Crippen LogP contribution in [0.3, 0.4) is 0 Å². The normalized spacial score (nSPS) is 19.5. The van der Waals surface area contributed by atoms with Crippen LogP contribution in [0.1, 0.15) is 12.0 Å². The van der Waals surface area contributed by atoms with Crippen LogP contribution in [0.4, 0.5) is 5.69 Å². The lowest BCUT2D eigenvalue weighted by Crippen LogP contribution is -2.03. The summed E-state index contributed by atoms with van der Waals surface area (Å²) in [6.45, 7) is 0.454. The van der Waals surface area contributed by atoms with E-state index in [1.54, 1.807) is 12.1 Å². The van der Waals surface area contributed by atoms with Crippen LogP contribution in [0.2, 0.25) is 0 Å². The lowest BCUT2D eigenvalue weighted by atomic mass is 9.98. The van der Waals surface area contributed by atoms with Gasteiger partial charge in [0.15, 0.2) is 0 Å². The molecule has 1 heterocycles. The van der Waals surface area contributed by atoms with Gasteiger partial charge in [-0.25, -0.2) is 0 Å². The predicted molar refractivity (Wildman–Crippen MR) is 55.9 cm³/mol. The van der Waals surface area contributed by atoms with Gasteiger partial charge >= 0.3 is 5.97 Å². The number of nitro groups is 1. The maximum Gasteiger partial charge on any atom is 0.306 e. The highest BCUT2D eigenvalue weighted by Gasteiger charge is 2.23. The third-order valence-corrected chi connectivity index (χ3v) is 2.61. The Kier molecular flexibility index (Phi) is 2.85. The first-order chi connectivity index (χ1) is 7.65. The highest BCUT2D eigenvalue weighted by molar-refractivity contribution is 5.71. The van der Waals surface area contributed by atoms with Crippen molar-refractivity contribution in [2.75, 3.05) is 6.61 Å². The number of nitro benzene ring substituents is 1. The lowest BCUT2D eigenvalue weighted by molar-refractivity contribution is -0.384. The summed E-state index contributed by atoms with van der Waals surface area (Å²) < 4.78 is 4.85. The molecule has 0 radical (unpaired) electrons. The van der Waals surface area contributed by atoms with Crippen LogP contribution in [0.25, 0.3) is 0 Å². The number of non-ortho nitro benzene ring substituents is 1. The summed E-state index contributed by atoms with van der Waals surface area (Å²) in [5, 5.41) is 10.4. The molecule has 2 rings (SSSR count). The summed E-state index contributed by atoms with van der Waals surface area (Å²) in [4.78, 5) is 20.9. The number of hydrogen-bond donors (Lipinski definition) is 0. The Balaban J connectivity index is 2.00. The molecule has 16 heavy (non-hydrogen) atoms. The Morgan fingerprint density at radius 2 is 2.06 bits per heavy atom. The number of hydrogen-bond acceptors (Lipinski definition) is 4. The molecule has 0 spiro atoms. The van der Waals surface area contributed by atoms with Gasteiger partial charge in [-0.15, -0.1) is 0 Å². The molecule has 0 aliphatic carbocycles. The average Bonchev–Trinajstić information content (AvgIpc) is 2.65. The van der Waals surface area contributed by atoms with Crippen molar-refractivity contribution in [3.05, 3.63) is 39.9 Å². The summed E-state index contributed by atoms with van der Waals surface area (Å²) in [6.07, 6.45) is 1.17. The fourth-order valence-electron chi connectivity index (χ4n) is 1.78. The Morgan fingerprint density at radius 3 is 2.56 bits per heavy atom. The van der Waals surface area contributed by atoms with Crippen molar-refractivity contribution in [1.82, 2.24) is 0 Å². The third-order valence-electron chi connectivity index (χ3n) is 2.61. The van der Waals surface area contributed by atoms with E-state index in [2.05, 4.69) is 0 Å². The van der Waals surface area contributed by atoms with E-state index in [0.717, 1.165) is 12.0 Å². The second-order valence-electron chi connectivity index (χ2n) is 3.88. The Hall–Kier alpha value is -1.91. The summed E-state index contributed by atoms with van der Waals surface area (Å²) >= 11 is 0. The second-order valence-corrected chi connectivity index (χ2v) is 3.88. The Morgan fingerprint density at radius 1 is 1.38 bits per heavy atom. The molecule has 1 aromatic carbocycles. The number of ether oxygens (including phenoxy) is 1. The molecule has 1 saturated heterocycles. The molecular weight excluding hydrogens is 210 g/mol. The van der Waals surface area contributed by atoms with Crippen molar-refractivity contribution in [2.24, 2.45) is 5.92 Å². The zero-order valence-electron chi connectivity index (χ0n) is 8.59. The zero-order chi connectivity index (χ0) is 11.5. The zero-order valence-corrected chi connectivity index (χ0v) is 8.59. The minimum absolute atomic E-state index is 0.0856. The fraction of sp³-hybridized carbons (Fsp3) is 0.364. The van der Waals surface area contributed by atoms with Crippen molar-refractivity contribution in [3.63, 3.8) is 0 Å². The van der Waals surface area contributed by atoms with E-state index >= 15 is 0 Å². The molecule has 1 atom stereocenters. The fourth-order valence-corrected chi connectivity index (χ4v) is 1.78. The molecule has 5 heteroatoms. The van der Waals surface area contributed by atoms with Gasteiger partial charge < -0.3 is 4.74 Å². The molecule has 1 aliphatic heterocycles. The highest BCUT2D eigenvalue weighted by Crippen LogP contribution is 2.20. The van der Waals surface area contributed by atoms with Crippen molar-refractivity contribution in [1.29, 1.82) is 0 Å². The molecule has 5 nitrogen and oxygen atoms in total. The van der Waals surface area contributed by atoms with Gasteiger partial charge in [0, 0.05) is 18.1 Å². The monoisotopic (exact) mass is 221 g/mol. The van der Waals surface area contributed by atoms with Gasteiger partial charge in [-0.1, -0.05) is 12.1 Å². The average molecular weight is 221 g/mol. The quantitative estimate of drug-likeness (QED) is 0.442. The summed E-state index contributed by atoms with van der Waals surface area (Å²) in [6, 6.07) is 6.40. The molecule has 84 valence electrons. The van der Waals surface area contributed by atoms with Crippen LogP contribution < -0.4 is 0 Å². The van der Waals surface area contributed by atoms with Crippen molar-refractivity contribution >= 4 is 11.7 Å². The molecule has 0 aromatic heterocycles. The SMILES string of the molecule is O=C1C[C@@H](Cc2ccc([N+](=O)[O-])cc2)CO1. The first kappa shape index (κ1) is 10.6. The maximum atomic E-state index is 10.9. The Bertz CT molecular complexity index is 412. The van der Waals surface area contributed by atoms with E-state index in [9.17, 15) is 14.9 Å². The number of esters is 1. The minimum atomic E-state index is -0.425. The molecule has 0 unspecified atom stereocenters. The van der Waals surface area contributed by atoms with E-state index in [4.69, 9.17) is 4.74 Å². The molecule has 1 fully saturated rings. The largest absolute Gasteiger partial charge is 0.465 e. The summed E-state index contributed by atoms with van der Waals surface area (Å²) in [5.41, 5.74) is 1.08. The standard InChI is InChI=1S/C11H11NO4/c13-11-6-9(7-16-11)5-8-1-3-10(4-2-8)12(14)15/h1-4,9H,5-7H2/t9-/m1/s1. The van der Waals surface area contributed by atoms with E-state index in [1.165, 1.54) is 12.1 Å². The molecule has 0 bridgehead atoms. The lowest BCUT2D eigenvalue weighted by Gasteiger charge is -2.05. The molecule has 0 saturated carbocycles. The van der Waals surface area contributed by atoms with Gasteiger partial charge in [-0.2, -0.15) is 0 Å². The van der Waals surface area contributed by atoms with Gasteiger partial charge in [-0.3, -0.25) is 14.9 Å². The van der Waals surface area contributed by atoms with E-state index in [0.29, 0.717) is 13.0 Å². The van der Waals surface area contributed by atoms with Gasteiger partial charge in [0.05, 0.1) is 18.0 Å².